The van der Waals surface area contributed by atoms with Gasteiger partial charge in [0.1, 0.15) is 5.37 Å². The predicted octanol–water partition coefficient (Wildman–Crippen LogP) is 5.56. The van der Waals surface area contributed by atoms with Gasteiger partial charge in [0.2, 0.25) is 3.79 Å². The third-order valence-electron chi connectivity index (χ3n) is 2.68. The molecule has 2 nitrogen and oxygen atoms in total. The highest BCUT2D eigenvalue weighted by atomic mass is 35.6. The molecule has 0 fully saturated rings. The molecule has 1 N–H and O–H groups in total. The van der Waals surface area contributed by atoms with Crippen LogP contribution in [0.15, 0.2) is 59.5 Å². The highest BCUT2D eigenvalue weighted by molar-refractivity contribution is 8.00. The maximum atomic E-state index is 12.3. The molecular weight excluding hydrogens is 384 g/mol. The van der Waals surface area contributed by atoms with Gasteiger partial charge in [-0.2, -0.15) is 0 Å². The number of carbonyl (C=O) groups is 1. The van der Waals surface area contributed by atoms with Crippen LogP contribution in [0.1, 0.15) is 10.4 Å². The van der Waals surface area contributed by atoms with Crippen molar-refractivity contribution in [3.63, 3.8) is 0 Å². The van der Waals surface area contributed by atoms with E-state index in [9.17, 15) is 4.79 Å². The first-order valence-electron chi connectivity index (χ1n) is 6.22. The summed E-state index contributed by atoms with van der Waals surface area (Å²) in [4.78, 5) is 13.2. The fraction of sp³-hybridized carbons (Fsp3) is 0.133. The van der Waals surface area contributed by atoms with Crippen LogP contribution < -0.4 is 5.32 Å². The van der Waals surface area contributed by atoms with Crippen molar-refractivity contribution in [2.75, 3.05) is 0 Å². The molecule has 0 aliphatic rings. The zero-order valence-corrected chi connectivity index (χ0v) is 14.9. The van der Waals surface area contributed by atoms with E-state index >= 15 is 0 Å². The van der Waals surface area contributed by atoms with Gasteiger partial charge < -0.3 is 5.32 Å². The van der Waals surface area contributed by atoms with Crippen LogP contribution in [0.25, 0.3) is 0 Å². The number of nitrogens with one attached hydrogen (secondary N) is 1. The molecule has 0 radical (unpaired) electrons. The quantitative estimate of drug-likeness (QED) is 0.417. The summed E-state index contributed by atoms with van der Waals surface area (Å²) in [5.74, 6) is -0.398. The van der Waals surface area contributed by atoms with Crippen molar-refractivity contribution in [2.45, 2.75) is 14.1 Å². The van der Waals surface area contributed by atoms with Crippen LogP contribution in [0.4, 0.5) is 0 Å². The molecule has 116 valence electrons. The van der Waals surface area contributed by atoms with E-state index in [-0.39, 0.29) is 0 Å². The normalized spacial score (nSPS) is 12.7. The first-order valence-corrected chi connectivity index (χ1v) is 8.61. The Morgan fingerprint density at radius 2 is 1.59 bits per heavy atom. The Hall–Kier alpha value is -0.580. The van der Waals surface area contributed by atoms with Crippen LogP contribution in [0, 0.1) is 0 Å². The number of amides is 1. The Labute approximate surface area is 153 Å². The smallest absolute Gasteiger partial charge is 0.253 e. The van der Waals surface area contributed by atoms with Gasteiger partial charge >= 0.3 is 0 Å². The molecule has 1 atom stereocenters. The second-order valence-electron chi connectivity index (χ2n) is 4.31. The van der Waals surface area contributed by atoms with Crippen LogP contribution in [0.2, 0.25) is 5.02 Å². The fourth-order valence-electron chi connectivity index (χ4n) is 1.66. The predicted molar refractivity (Wildman–Crippen MR) is 95.3 cm³/mol. The highest BCUT2D eigenvalue weighted by Crippen LogP contribution is 2.39. The van der Waals surface area contributed by atoms with Crippen molar-refractivity contribution in [1.82, 2.24) is 5.32 Å². The minimum absolute atomic E-state index is 0.331. The summed E-state index contributed by atoms with van der Waals surface area (Å²) < 4.78 is -1.67. The van der Waals surface area contributed by atoms with Gasteiger partial charge in [-0.1, -0.05) is 88.5 Å². The first-order chi connectivity index (χ1) is 10.4. The molecule has 1 unspecified atom stereocenters. The van der Waals surface area contributed by atoms with Gasteiger partial charge in [0.05, 0.1) is 10.6 Å². The number of thioether (sulfide) groups is 1. The maximum Gasteiger partial charge on any atom is 0.253 e. The van der Waals surface area contributed by atoms with E-state index in [2.05, 4.69) is 5.32 Å². The number of hydrogen-bond donors (Lipinski definition) is 1. The molecule has 0 heterocycles. The lowest BCUT2D eigenvalue weighted by Gasteiger charge is -2.25. The maximum absolute atomic E-state index is 12.3. The first kappa shape index (κ1) is 17.8. The molecular formula is C15H11Cl4NOS. The summed E-state index contributed by atoms with van der Waals surface area (Å²) in [7, 11) is 0. The summed E-state index contributed by atoms with van der Waals surface area (Å²) in [5.41, 5.74) is 0.331. The third-order valence-corrected chi connectivity index (χ3v) is 5.30. The van der Waals surface area contributed by atoms with E-state index in [1.165, 1.54) is 11.8 Å². The minimum Gasteiger partial charge on any atom is -0.336 e. The summed E-state index contributed by atoms with van der Waals surface area (Å²) in [5, 5.41) is 2.29. The third kappa shape index (κ3) is 4.97. The summed E-state index contributed by atoms with van der Waals surface area (Å²) in [6.07, 6.45) is 0. The molecule has 0 saturated carbocycles. The molecule has 2 aromatic rings. The van der Waals surface area contributed by atoms with E-state index in [1.54, 1.807) is 24.3 Å². The molecule has 0 aromatic heterocycles. The molecule has 2 aromatic carbocycles. The van der Waals surface area contributed by atoms with Crippen LogP contribution in [0.5, 0.6) is 0 Å². The number of rotatable bonds is 4. The second kappa shape index (κ2) is 7.80. The van der Waals surface area contributed by atoms with Crippen molar-refractivity contribution in [1.29, 1.82) is 0 Å². The lowest BCUT2D eigenvalue weighted by atomic mass is 10.2. The average molecular weight is 395 g/mol. The van der Waals surface area contributed by atoms with Gasteiger partial charge in [-0.25, -0.2) is 0 Å². The zero-order chi connectivity index (χ0) is 16.2. The molecule has 7 heteroatoms. The second-order valence-corrected chi connectivity index (χ2v) is 8.26. The fourth-order valence-corrected chi connectivity index (χ4v) is 3.33. The molecule has 0 spiro atoms. The van der Waals surface area contributed by atoms with Crippen LogP contribution in [-0.2, 0) is 0 Å². The number of alkyl halides is 3. The standard InChI is InChI=1S/C15H11Cl4NOS/c16-12-9-5-4-8-11(12)13(21)20-14(15(17,18)19)22-10-6-2-1-3-7-10/h1-9,14H,(H,20,21). The summed E-state index contributed by atoms with van der Waals surface area (Å²) in [6.45, 7) is 0. The lowest BCUT2D eigenvalue weighted by Crippen LogP contribution is -2.41. The summed E-state index contributed by atoms with van der Waals surface area (Å²) >= 11 is 25.2. The Balaban J connectivity index is 2.17. The molecule has 0 aliphatic carbocycles. The van der Waals surface area contributed by atoms with Gasteiger partial charge in [0, 0.05) is 4.90 Å². The molecule has 0 saturated heterocycles. The number of halogens is 4. The monoisotopic (exact) mass is 393 g/mol. The van der Waals surface area contributed by atoms with E-state index in [4.69, 9.17) is 46.4 Å². The van der Waals surface area contributed by atoms with E-state index in [0.717, 1.165) is 4.90 Å². The van der Waals surface area contributed by atoms with Crippen molar-refractivity contribution in [3.05, 3.63) is 65.2 Å². The van der Waals surface area contributed by atoms with E-state index < -0.39 is 15.1 Å². The number of benzene rings is 2. The molecule has 22 heavy (non-hydrogen) atoms. The highest BCUT2D eigenvalue weighted by Gasteiger charge is 2.35. The average Bonchev–Trinajstić information content (AvgIpc) is 2.47. The van der Waals surface area contributed by atoms with Crippen molar-refractivity contribution in [2.24, 2.45) is 0 Å². The van der Waals surface area contributed by atoms with Gasteiger partial charge in [-0.15, -0.1) is 0 Å². The van der Waals surface area contributed by atoms with Crippen LogP contribution in [-0.4, -0.2) is 15.1 Å². The number of hydrogen-bond acceptors (Lipinski definition) is 2. The largest absolute Gasteiger partial charge is 0.336 e. The van der Waals surface area contributed by atoms with Crippen molar-refractivity contribution >= 4 is 64.1 Å². The topological polar surface area (TPSA) is 29.1 Å². The molecule has 0 bridgehead atoms. The molecule has 2 rings (SSSR count). The number of carbonyl (C=O) groups excluding carboxylic acids is 1. The Morgan fingerprint density at radius 1 is 1.00 bits per heavy atom. The Morgan fingerprint density at radius 3 is 2.18 bits per heavy atom. The van der Waals surface area contributed by atoms with Gasteiger partial charge in [-0.05, 0) is 24.3 Å². The van der Waals surface area contributed by atoms with E-state index in [0.29, 0.717) is 10.6 Å². The minimum atomic E-state index is -1.67. The SMILES string of the molecule is O=C(NC(Sc1ccccc1)C(Cl)(Cl)Cl)c1ccccc1Cl. The Bertz CT molecular complexity index is 645. The van der Waals surface area contributed by atoms with Gasteiger partial charge in [0.15, 0.2) is 0 Å². The van der Waals surface area contributed by atoms with Crippen LogP contribution >= 0.6 is 58.2 Å². The molecule has 1 amide bonds. The van der Waals surface area contributed by atoms with Gasteiger partial charge in [0.25, 0.3) is 5.91 Å². The Kier molecular flexibility index (Phi) is 6.30. The van der Waals surface area contributed by atoms with Crippen molar-refractivity contribution in [3.8, 4) is 0 Å². The van der Waals surface area contributed by atoms with Crippen LogP contribution in [0.3, 0.4) is 0 Å². The van der Waals surface area contributed by atoms with Crippen molar-refractivity contribution < 1.29 is 4.79 Å². The molecule has 0 aliphatic heterocycles. The van der Waals surface area contributed by atoms with Gasteiger partial charge in [-0.3, -0.25) is 4.79 Å². The lowest BCUT2D eigenvalue weighted by molar-refractivity contribution is 0.0950. The van der Waals surface area contributed by atoms with E-state index in [1.807, 2.05) is 30.3 Å². The summed E-state index contributed by atoms with van der Waals surface area (Å²) in [6, 6.07) is 16.1. The zero-order valence-electron chi connectivity index (χ0n) is 11.1.